The highest BCUT2D eigenvalue weighted by atomic mass is 32.2. The van der Waals surface area contributed by atoms with Crippen molar-refractivity contribution >= 4 is 54.7 Å². The molecule has 0 saturated carbocycles. The Hall–Kier alpha value is -4.99. The summed E-state index contributed by atoms with van der Waals surface area (Å²) in [6, 6.07) is 21.6. The van der Waals surface area contributed by atoms with Crippen LogP contribution in [0.5, 0.6) is 0 Å². The lowest BCUT2D eigenvalue weighted by Crippen LogP contribution is -2.30. The van der Waals surface area contributed by atoms with Crippen LogP contribution in [0.25, 0.3) is 21.5 Å². The predicted octanol–water partition coefficient (Wildman–Crippen LogP) is 9.32. The molecule has 2 N–H and O–H groups in total. The van der Waals surface area contributed by atoms with E-state index < -0.39 is 21.5 Å². The second-order valence-corrected chi connectivity index (χ2v) is 18.5. The van der Waals surface area contributed by atoms with Gasteiger partial charge in [0, 0.05) is 73.7 Å². The van der Waals surface area contributed by atoms with E-state index in [0.29, 0.717) is 77.6 Å². The van der Waals surface area contributed by atoms with Crippen molar-refractivity contribution in [1.82, 2.24) is 0 Å². The van der Waals surface area contributed by atoms with E-state index in [1.165, 1.54) is 33.8 Å². The smallest absolute Gasteiger partial charge is 0.303 e. The van der Waals surface area contributed by atoms with E-state index in [2.05, 4.69) is 84.9 Å². The molecule has 0 fully saturated rings. The Morgan fingerprint density at radius 1 is 0.708 bits per heavy atom. The Morgan fingerprint density at radius 3 is 2.11 bits per heavy atom. The third-order valence-electron chi connectivity index (χ3n) is 12.4. The molecule has 12 nitrogen and oxygen atoms in total. The minimum atomic E-state index is -4.51. The molecule has 0 bridgehead atoms. The first kappa shape index (κ1) is 49.4. The summed E-state index contributed by atoms with van der Waals surface area (Å²) in [4.78, 5) is 13.4. The first-order valence-corrected chi connectivity index (χ1v) is 23.9. The van der Waals surface area contributed by atoms with Gasteiger partial charge in [0.15, 0.2) is 12.3 Å². The molecule has 4 aromatic rings. The molecule has 0 amide bonds. The fourth-order valence-electron chi connectivity index (χ4n) is 9.30. The number of hydrogen-bond acceptors (Lipinski definition) is 9. The van der Waals surface area contributed by atoms with Crippen LogP contribution in [0.2, 0.25) is 0 Å². The molecule has 1 atom stereocenters. The monoisotopic (exact) mass is 909 g/mol. The number of benzene rings is 4. The van der Waals surface area contributed by atoms with Crippen molar-refractivity contribution in [3.8, 4) is 0 Å². The van der Waals surface area contributed by atoms with Crippen molar-refractivity contribution in [2.75, 3.05) is 85.1 Å². The van der Waals surface area contributed by atoms with Crippen molar-refractivity contribution < 1.29 is 51.1 Å². The molecule has 2 heterocycles. The van der Waals surface area contributed by atoms with Crippen LogP contribution < -0.4 is 4.90 Å². The summed E-state index contributed by atoms with van der Waals surface area (Å²) in [5.41, 5.74) is 5.71. The summed E-state index contributed by atoms with van der Waals surface area (Å²) in [6.45, 7) is 11.8. The summed E-state index contributed by atoms with van der Waals surface area (Å²) in [6.07, 6.45) is 17.2. The van der Waals surface area contributed by atoms with E-state index in [9.17, 15) is 22.9 Å². The standard InChI is InChI=1S/C52H64N2O10S/c1-51(2)46(54(30-32-60-4)43-26-24-39-17-13-14-18-40(39)49(43)51)21-10-7-6-8-11-22-47-52(3,28-31-62-35-36-64-38-37-63-34-33-61-5)50-42-19-16-20-45(65(57,58)59)41(42)25-27-44(50)53(47)29-15-9-12-23-48(55)56/h6-8,10-11,13-14,16-22,24-27H,9,12,15,23,28-38H2,1-5H3,(H-,55,56,57,58,59)/p+1. The van der Waals surface area contributed by atoms with Crippen LogP contribution in [0.3, 0.4) is 0 Å². The Morgan fingerprint density at radius 2 is 1.38 bits per heavy atom. The SMILES string of the molecule is COCCOCCOCCOCCC1(C)\C(=C/C=C/C=C/C=C/C2=[N+](CCOC)c3ccc4ccccc4c3C2(C)C)N(CCCCCC(=O)O)c2ccc3c(S(=O)(=O)O)cccc3c21. The molecule has 13 heteroatoms. The average molecular weight is 910 g/mol. The molecule has 6 rings (SSSR count). The molecular weight excluding hydrogens is 845 g/mol. The first-order chi connectivity index (χ1) is 31.3. The lowest BCUT2D eigenvalue weighted by Gasteiger charge is -2.31. The van der Waals surface area contributed by atoms with Crippen LogP contribution >= 0.6 is 0 Å². The number of unbranched alkanes of at least 4 members (excludes halogenated alkanes) is 2. The van der Waals surface area contributed by atoms with Crippen molar-refractivity contribution in [3.63, 3.8) is 0 Å². The maximum Gasteiger partial charge on any atom is 0.303 e. The molecular formula is C52H65N2O10S+. The van der Waals surface area contributed by atoms with Crippen LogP contribution in [0.15, 0.2) is 120 Å². The third-order valence-corrected chi connectivity index (χ3v) is 13.3. The topological polar surface area (TPSA) is 144 Å². The van der Waals surface area contributed by atoms with Gasteiger partial charge in [-0.3, -0.25) is 9.35 Å². The summed E-state index contributed by atoms with van der Waals surface area (Å²) in [5.74, 6) is -0.813. The molecule has 2 aliphatic rings. The number of ether oxygens (including phenoxy) is 5. The van der Waals surface area contributed by atoms with Crippen LogP contribution in [-0.4, -0.2) is 114 Å². The molecule has 0 spiro atoms. The van der Waals surface area contributed by atoms with Gasteiger partial charge in [-0.15, -0.1) is 0 Å². The van der Waals surface area contributed by atoms with E-state index in [1.54, 1.807) is 26.4 Å². The van der Waals surface area contributed by atoms with Gasteiger partial charge in [-0.2, -0.15) is 13.0 Å². The number of anilines is 1. The quantitative estimate of drug-likeness (QED) is 0.0269. The largest absolute Gasteiger partial charge is 0.481 e. The Labute approximate surface area is 384 Å². The van der Waals surface area contributed by atoms with Gasteiger partial charge in [-0.1, -0.05) is 79.3 Å². The van der Waals surface area contributed by atoms with Gasteiger partial charge >= 0.3 is 5.97 Å². The maximum atomic E-state index is 12.6. The minimum absolute atomic E-state index is 0.108. The van der Waals surface area contributed by atoms with Gasteiger partial charge in [-0.05, 0) is 86.0 Å². The van der Waals surface area contributed by atoms with Crippen LogP contribution in [0, 0.1) is 0 Å². The Bertz CT molecular complexity index is 2560. The van der Waals surface area contributed by atoms with Crippen LogP contribution in [0.4, 0.5) is 11.4 Å². The number of carbonyl (C=O) groups is 1. The number of carboxylic acid groups (broad SMARTS) is 1. The number of fused-ring (bicyclic) bond motifs is 6. The zero-order valence-electron chi connectivity index (χ0n) is 38.5. The summed E-state index contributed by atoms with van der Waals surface area (Å²) >= 11 is 0. The van der Waals surface area contributed by atoms with Crippen molar-refractivity contribution in [2.45, 2.75) is 68.6 Å². The fraction of sp³-hybridized carbons (Fsp3) is 0.423. The van der Waals surface area contributed by atoms with Crippen LogP contribution in [-0.2, 0) is 49.4 Å². The minimum Gasteiger partial charge on any atom is -0.481 e. The van der Waals surface area contributed by atoms with Crippen molar-refractivity contribution in [2.24, 2.45) is 0 Å². The van der Waals surface area contributed by atoms with E-state index >= 15 is 0 Å². The molecule has 348 valence electrons. The highest BCUT2D eigenvalue weighted by Gasteiger charge is 2.46. The zero-order valence-corrected chi connectivity index (χ0v) is 39.3. The second-order valence-electron chi connectivity index (χ2n) is 17.1. The third kappa shape index (κ3) is 11.7. The number of nitrogens with zero attached hydrogens (tertiary/aromatic N) is 2. The number of hydrogen-bond donors (Lipinski definition) is 2. The molecule has 1 unspecified atom stereocenters. The molecule has 65 heavy (non-hydrogen) atoms. The molecule has 4 aromatic carbocycles. The molecule has 0 aromatic heterocycles. The van der Waals surface area contributed by atoms with Crippen molar-refractivity contribution in [3.05, 3.63) is 126 Å². The molecule has 0 aliphatic carbocycles. The highest BCUT2D eigenvalue weighted by Crippen LogP contribution is 2.53. The normalized spacial score (nSPS) is 17.9. The summed E-state index contributed by atoms with van der Waals surface area (Å²) in [7, 11) is -1.15. The summed E-state index contributed by atoms with van der Waals surface area (Å²) < 4.78 is 65.7. The van der Waals surface area contributed by atoms with Gasteiger partial charge in [0.25, 0.3) is 10.1 Å². The number of rotatable bonds is 26. The van der Waals surface area contributed by atoms with E-state index in [0.717, 1.165) is 41.7 Å². The molecule has 0 radical (unpaired) electrons. The Kier molecular flexibility index (Phi) is 17.5. The first-order valence-electron chi connectivity index (χ1n) is 22.5. The van der Waals surface area contributed by atoms with Gasteiger partial charge in [0.05, 0.1) is 45.1 Å². The van der Waals surface area contributed by atoms with Gasteiger partial charge in [0.1, 0.15) is 11.5 Å². The summed E-state index contributed by atoms with van der Waals surface area (Å²) in [5, 5.41) is 12.9. The predicted molar refractivity (Wildman–Crippen MR) is 258 cm³/mol. The fourth-order valence-corrected chi connectivity index (χ4v) is 10.0. The molecule has 2 aliphatic heterocycles. The average Bonchev–Trinajstić information content (AvgIpc) is 3.65. The van der Waals surface area contributed by atoms with E-state index in [4.69, 9.17) is 23.7 Å². The number of carboxylic acids is 1. The molecule has 0 saturated heterocycles. The number of aliphatic carboxylic acids is 1. The van der Waals surface area contributed by atoms with Gasteiger partial charge in [0.2, 0.25) is 5.69 Å². The van der Waals surface area contributed by atoms with Crippen LogP contribution in [0.1, 0.15) is 64.0 Å². The zero-order chi connectivity index (χ0) is 46.5. The van der Waals surface area contributed by atoms with E-state index in [-0.39, 0.29) is 16.7 Å². The lowest BCUT2D eigenvalue weighted by atomic mass is 9.76. The van der Waals surface area contributed by atoms with Crippen molar-refractivity contribution in [1.29, 1.82) is 0 Å². The van der Waals surface area contributed by atoms with E-state index in [1.807, 2.05) is 36.4 Å². The van der Waals surface area contributed by atoms with Gasteiger partial charge in [-0.25, -0.2) is 0 Å². The second kappa shape index (κ2) is 23.0. The Balaban J connectivity index is 1.28. The highest BCUT2D eigenvalue weighted by molar-refractivity contribution is 7.86. The lowest BCUT2D eigenvalue weighted by molar-refractivity contribution is -0.441. The number of allylic oxidation sites excluding steroid dienone is 8. The van der Waals surface area contributed by atoms with Gasteiger partial charge < -0.3 is 33.7 Å². The maximum absolute atomic E-state index is 12.6. The number of methoxy groups -OCH3 is 2.